The number of hydrogen-bond donors (Lipinski definition) is 1. The monoisotopic (exact) mass is 251 g/mol. The number of rotatable bonds is 2. The van der Waals surface area contributed by atoms with E-state index in [1.165, 1.54) is 0 Å². The summed E-state index contributed by atoms with van der Waals surface area (Å²) in [6.45, 7) is 1.98. The van der Waals surface area contributed by atoms with Crippen LogP contribution in [0.2, 0.25) is 0 Å². The van der Waals surface area contributed by atoms with Crippen LogP contribution in [0.3, 0.4) is 0 Å². The van der Waals surface area contributed by atoms with Crippen LogP contribution in [0.1, 0.15) is 5.56 Å². The van der Waals surface area contributed by atoms with Crippen molar-refractivity contribution in [1.82, 2.24) is 9.97 Å². The van der Waals surface area contributed by atoms with Crippen molar-refractivity contribution < 1.29 is 4.74 Å². The molecule has 0 spiro atoms. The fraction of sp³-hybridized carbons (Fsp3) is 0.0667. The molecular weight excluding hydrogens is 238 g/mol. The van der Waals surface area contributed by atoms with Crippen LogP contribution in [0.15, 0.2) is 48.7 Å². The number of nitrogens with zero attached hydrogens (tertiary/aromatic N) is 2. The van der Waals surface area contributed by atoms with Gasteiger partial charge < -0.3 is 10.5 Å². The largest absolute Gasteiger partial charge is 0.435 e. The first-order chi connectivity index (χ1) is 9.22. The second kappa shape index (κ2) is 4.57. The Morgan fingerprint density at radius 3 is 2.63 bits per heavy atom. The second-order valence-electron chi connectivity index (χ2n) is 4.34. The minimum atomic E-state index is 0.439. The maximum absolute atomic E-state index is 5.91. The highest BCUT2D eigenvalue weighted by Gasteiger charge is 2.05. The summed E-state index contributed by atoms with van der Waals surface area (Å²) < 4.78 is 5.67. The Kier molecular flexibility index (Phi) is 2.76. The van der Waals surface area contributed by atoms with E-state index < -0.39 is 0 Å². The number of hydrogen-bond acceptors (Lipinski definition) is 4. The van der Waals surface area contributed by atoms with Crippen LogP contribution in [-0.4, -0.2) is 9.97 Å². The standard InChI is InChI=1S/C15H13N3O/c1-10-6-7-14(11(16)8-10)19-15-9-17-12-4-2-3-5-13(12)18-15/h2-9H,16H2,1H3. The normalized spacial score (nSPS) is 10.6. The van der Waals surface area contributed by atoms with E-state index in [-0.39, 0.29) is 0 Å². The summed E-state index contributed by atoms with van der Waals surface area (Å²) in [7, 11) is 0. The molecule has 0 saturated heterocycles. The summed E-state index contributed by atoms with van der Waals surface area (Å²) in [6, 6.07) is 13.3. The molecule has 0 atom stereocenters. The number of ether oxygens (including phenoxy) is 1. The van der Waals surface area contributed by atoms with Crippen LogP contribution in [0.5, 0.6) is 11.6 Å². The Morgan fingerprint density at radius 2 is 1.84 bits per heavy atom. The Labute approximate surface area is 110 Å². The zero-order valence-corrected chi connectivity index (χ0v) is 10.5. The molecule has 2 N–H and O–H groups in total. The lowest BCUT2D eigenvalue weighted by molar-refractivity contribution is 0.465. The van der Waals surface area contributed by atoms with E-state index in [4.69, 9.17) is 10.5 Å². The Hall–Kier alpha value is -2.62. The maximum Gasteiger partial charge on any atom is 0.238 e. The molecule has 0 aliphatic heterocycles. The molecule has 2 aromatic carbocycles. The van der Waals surface area contributed by atoms with Gasteiger partial charge in [0.15, 0.2) is 5.75 Å². The molecular formula is C15H13N3O. The van der Waals surface area contributed by atoms with E-state index in [1.54, 1.807) is 6.20 Å². The summed E-state index contributed by atoms with van der Waals surface area (Å²) in [6.07, 6.45) is 1.60. The molecule has 0 radical (unpaired) electrons. The molecule has 0 fully saturated rings. The average molecular weight is 251 g/mol. The fourth-order valence-corrected chi connectivity index (χ4v) is 1.86. The topological polar surface area (TPSA) is 61.0 Å². The molecule has 0 aliphatic carbocycles. The van der Waals surface area contributed by atoms with Crippen LogP contribution < -0.4 is 10.5 Å². The van der Waals surface area contributed by atoms with Crippen molar-refractivity contribution in [2.75, 3.05) is 5.73 Å². The summed E-state index contributed by atoms with van der Waals surface area (Å²) in [5, 5.41) is 0. The number of aromatic nitrogens is 2. The molecule has 0 amide bonds. The van der Waals surface area contributed by atoms with E-state index in [9.17, 15) is 0 Å². The summed E-state index contributed by atoms with van der Waals surface area (Å²) in [5.41, 5.74) is 9.23. The molecule has 0 bridgehead atoms. The smallest absolute Gasteiger partial charge is 0.238 e. The molecule has 3 rings (SSSR count). The lowest BCUT2D eigenvalue weighted by Crippen LogP contribution is -1.95. The lowest BCUT2D eigenvalue weighted by atomic mass is 10.2. The van der Waals surface area contributed by atoms with E-state index in [0.29, 0.717) is 17.3 Å². The van der Waals surface area contributed by atoms with Gasteiger partial charge in [-0.05, 0) is 36.8 Å². The SMILES string of the molecule is Cc1ccc(Oc2cnc3ccccc3n2)c(N)c1. The maximum atomic E-state index is 5.91. The minimum absolute atomic E-state index is 0.439. The number of nitrogen functional groups attached to an aromatic ring is 1. The molecule has 1 heterocycles. The zero-order chi connectivity index (χ0) is 13.2. The van der Waals surface area contributed by atoms with Crippen molar-refractivity contribution in [2.45, 2.75) is 6.92 Å². The third kappa shape index (κ3) is 2.33. The molecule has 0 aliphatic rings. The number of aryl methyl sites for hydroxylation is 1. The predicted octanol–water partition coefficient (Wildman–Crippen LogP) is 3.31. The van der Waals surface area contributed by atoms with Crippen LogP contribution >= 0.6 is 0 Å². The van der Waals surface area contributed by atoms with Gasteiger partial charge in [0.2, 0.25) is 5.88 Å². The van der Waals surface area contributed by atoms with Gasteiger partial charge >= 0.3 is 0 Å². The van der Waals surface area contributed by atoms with Gasteiger partial charge in [0.25, 0.3) is 0 Å². The van der Waals surface area contributed by atoms with Gasteiger partial charge in [-0.15, -0.1) is 0 Å². The molecule has 19 heavy (non-hydrogen) atoms. The third-order valence-corrected chi connectivity index (χ3v) is 2.81. The van der Waals surface area contributed by atoms with Crippen molar-refractivity contribution in [3.63, 3.8) is 0 Å². The first kappa shape index (κ1) is 11.5. The van der Waals surface area contributed by atoms with Gasteiger partial charge in [-0.25, -0.2) is 9.97 Å². The Morgan fingerprint density at radius 1 is 1.05 bits per heavy atom. The highest BCUT2D eigenvalue weighted by atomic mass is 16.5. The van der Waals surface area contributed by atoms with Crippen molar-refractivity contribution in [2.24, 2.45) is 0 Å². The fourth-order valence-electron chi connectivity index (χ4n) is 1.86. The second-order valence-corrected chi connectivity index (χ2v) is 4.34. The van der Waals surface area contributed by atoms with Gasteiger partial charge in [0, 0.05) is 0 Å². The zero-order valence-electron chi connectivity index (χ0n) is 10.5. The quantitative estimate of drug-likeness (QED) is 0.710. The van der Waals surface area contributed by atoms with Crippen molar-refractivity contribution in [3.05, 3.63) is 54.2 Å². The molecule has 0 saturated carbocycles. The minimum Gasteiger partial charge on any atom is -0.435 e. The summed E-state index contributed by atoms with van der Waals surface area (Å²) in [4.78, 5) is 8.69. The van der Waals surface area contributed by atoms with Crippen molar-refractivity contribution in [3.8, 4) is 11.6 Å². The average Bonchev–Trinajstić information content (AvgIpc) is 2.42. The molecule has 1 aromatic heterocycles. The van der Waals surface area contributed by atoms with Crippen molar-refractivity contribution >= 4 is 16.7 Å². The Bertz CT molecular complexity index is 740. The highest BCUT2D eigenvalue weighted by molar-refractivity contribution is 5.74. The number of fused-ring (bicyclic) bond motifs is 1. The predicted molar refractivity (Wildman–Crippen MR) is 75.2 cm³/mol. The first-order valence-corrected chi connectivity index (χ1v) is 5.98. The number of para-hydroxylation sites is 2. The van der Waals surface area contributed by atoms with Gasteiger partial charge in [-0.3, -0.25) is 0 Å². The van der Waals surface area contributed by atoms with E-state index in [0.717, 1.165) is 16.6 Å². The van der Waals surface area contributed by atoms with Crippen LogP contribution in [0, 0.1) is 6.92 Å². The molecule has 4 heteroatoms. The number of anilines is 1. The molecule has 0 unspecified atom stereocenters. The van der Waals surface area contributed by atoms with Gasteiger partial charge in [0.1, 0.15) is 0 Å². The van der Waals surface area contributed by atoms with Gasteiger partial charge in [-0.1, -0.05) is 18.2 Å². The first-order valence-electron chi connectivity index (χ1n) is 5.98. The van der Waals surface area contributed by atoms with E-state index >= 15 is 0 Å². The molecule has 3 aromatic rings. The highest BCUT2D eigenvalue weighted by Crippen LogP contribution is 2.27. The summed E-state index contributed by atoms with van der Waals surface area (Å²) in [5.74, 6) is 1.03. The van der Waals surface area contributed by atoms with Crippen LogP contribution in [0.25, 0.3) is 11.0 Å². The Balaban J connectivity index is 1.96. The molecule has 4 nitrogen and oxygen atoms in total. The van der Waals surface area contributed by atoms with E-state index in [1.807, 2.05) is 49.4 Å². The van der Waals surface area contributed by atoms with E-state index in [2.05, 4.69) is 9.97 Å². The van der Waals surface area contributed by atoms with Crippen LogP contribution in [0.4, 0.5) is 5.69 Å². The van der Waals surface area contributed by atoms with Gasteiger partial charge in [0.05, 0.1) is 22.9 Å². The van der Waals surface area contributed by atoms with Crippen LogP contribution in [-0.2, 0) is 0 Å². The van der Waals surface area contributed by atoms with Crippen molar-refractivity contribution in [1.29, 1.82) is 0 Å². The number of nitrogens with two attached hydrogens (primary N) is 1. The lowest BCUT2D eigenvalue weighted by Gasteiger charge is -2.08. The number of benzene rings is 2. The molecule has 94 valence electrons. The summed E-state index contributed by atoms with van der Waals surface area (Å²) >= 11 is 0. The van der Waals surface area contributed by atoms with Gasteiger partial charge in [-0.2, -0.15) is 0 Å². The third-order valence-electron chi connectivity index (χ3n) is 2.81.